The number of carbonyl (C=O) groups is 1. The smallest absolute Gasteiger partial charge is 0.249 e. The van der Waals surface area contributed by atoms with Gasteiger partial charge >= 0.3 is 0 Å². The van der Waals surface area contributed by atoms with Gasteiger partial charge in [-0.05, 0) is 24.5 Å². The highest BCUT2D eigenvalue weighted by atomic mass is 16.2. The zero-order chi connectivity index (χ0) is 12.1. The van der Waals surface area contributed by atoms with Gasteiger partial charge in [0.1, 0.15) is 0 Å². The van der Waals surface area contributed by atoms with Gasteiger partial charge in [-0.15, -0.1) is 0 Å². The molecular formula is C15H19NO. The van der Waals surface area contributed by atoms with E-state index in [-0.39, 0.29) is 5.91 Å². The van der Waals surface area contributed by atoms with Crippen molar-refractivity contribution in [2.75, 3.05) is 13.1 Å². The second-order valence-corrected chi connectivity index (χ2v) is 4.48. The lowest BCUT2D eigenvalue weighted by Crippen LogP contribution is -2.26. The third-order valence-electron chi connectivity index (χ3n) is 3.14. The van der Waals surface area contributed by atoms with E-state index in [0.29, 0.717) is 0 Å². The van der Waals surface area contributed by atoms with Crippen molar-refractivity contribution >= 4 is 12.0 Å². The first-order valence-corrected chi connectivity index (χ1v) is 6.36. The first-order valence-electron chi connectivity index (χ1n) is 6.36. The molecule has 1 amide bonds. The second kappa shape index (κ2) is 5.67. The summed E-state index contributed by atoms with van der Waals surface area (Å²) in [5, 5.41) is 0. The average molecular weight is 229 g/mol. The van der Waals surface area contributed by atoms with Gasteiger partial charge in [0.05, 0.1) is 0 Å². The highest BCUT2D eigenvalue weighted by Crippen LogP contribution is 2.20. The number of likely N-dealkylation sites (tertiary alicyclic amines) is 1. The minimum absolute atomic E-state index is 0.224. The van der Waals surface area contributed by atoms with Crippen LogP contribution in [0.3, 0.4) is 0 Å². The van der Waals surface area contributed by atoms with Crippen LogP contribution >= 0.6 is 0 Å². The Labute approximate surface area is 103 Å². The molecule has 1 heterocycles. The molecule has 1 saturated heterocycles. The van der Waals surface area contributed by atoms with Crippen LogP contribution in [-0.4, -0.2) is 23.9 Å². The lowest BCUT2D eigenvalue weighted by molar-refractivity contribution is -0.124. The minimum Gasteiger partial charge on any atom is -0.339 e. The molecule has 0 saturated carbocycles. The summed E-state index contributed by atoms with van der Waals surface area (Å²) in [4.78, 5) is 14.0. The first-order chi connectivity index (χ1) is 8.31. The van der Waals surface area contributed by atoms with Crippen molar-refractivity contribution in [2.24, 2.45) is 0 Å². The normalized spacial score (nSPS) is 18.1. The molecule has 0 radical (unpaired) electrons. The van der Waals surface area contributed by atoms with E-state index in [9.17, 15) is 4.79 Å². The van der Waals surface area contributed by atoms with Crippen molar-refractivity contribution in [3.05, 3.63) is 41.5 Å². The predicted molar refractivity (Wildman–Crippen MR) is 70.5 cm³/mol. The van der Waals surface area contributed by atoms with E-state index in [1.54, 1.807) is 0 Å². The number of hydrogen-bond acceptors (Lipinski definition) is 1. The maximum Gasteiger partial charge on any atom is 0.249 e. The summed E-state index contributed by atoms with van der Waals surface area (Å²) in [6.07, 6.45) is 5.15. The van der Waals surface area contributed by atoms with Crippen molar-refractivity contribution < 1.29 is 4.79 Å². The second-order valence-electron chi connectivity index (χ2n) is 4.48. The fourth-order valence-electron chi connectivity index (χ4n) is 2.11. The van der Waals surface area contributed by atoms with Gasteiger partial charge in [-0.2, -0.15) is 0 Å². The molecule has 0 aromatic heterocycles. The number of nitrogens with zero attached hydrogens (tertiary/aromatic N) is 1. The van der Waals surface area contributed by atoms with E-state index in [1.165, 1.54) is 0 Å². The van der Waals surface area contributed by atoms with E-state index >= 15 is 0 Å². The third-order valence-corrected chi connectivity index (χ3v) is 3.14. The van der Waals surface area contributed by atoms with Gasteiger partial charge in [-0.25, -0.2) is 0 Å². The summed E-state index contributed by atoms with van der Waals surface area (Å²) < 4.78 is 0. The monoisotopic (exact) mass is 229 g/mol. The SMILES string of the molecule is CCCCN1CC/C(=C/c2ccccc2)C1=O. The molecule has 0 aliphatic carbocycles. The zero-order valence-electron chi connectivity index (χ0n) is 10.4. The highest BCUT2D eigenvalue weighted by molar-refractivity contribution is 5.99. The van der Waals surface area contributed by atoms with E-state index in [2.05, 4.69) is 6.92 Å². The van der Waals surface area contributed by atoms with E-state index in [4.69, 9.17) is 0 Å². The van der Waals surface area contributed by atoms with Crippen LogP contribution in [0.25, 0.3) is 6.08 Å². The van der Waals surface area contributed by atoms with Crippen LogP contribution in [0.5, 0.6) is 0 Å². The number of amides is 1. The average Bonchev–Trinajstić information content (AvgIpc) is 2.70. The molecule has 1 aromatic carbocycles. The van der Waals surface area contributed by atoms with Crippen LogP contribution in [0, 0.1) is 0 Å². The summed E-state index contributed by atoms with van der Waals surface area (Å²) in [5.74, 6) is 0.224. The lowest BCUT2D eigenvalue weighted by atomic mass is 10.1. The van der Waals surface area contributed by atoms with Crippen LogP contribution in [0.2, 0.25) is 0 Å². The van der Waals surface area contributed by atoms with Crippen molar-refractivity contribution in [1.29, 1.82) is 0 Å². The van der Waals surface area contributed by atoms with Crippen LogP contribution in [0.15, 0.2) is 35.9 Å². The van der Waals surface area contributed by atoms with Gasteiger partial charge in [0.2, 0.25) is 5.91 Å². The van der Waals surface area contributed by atoms with E-state index < -0.39 is 0 Å². The Morgan fingerprint density at radius 2 is 2.06 bits per heavy atom. The Morgan fingerprint density at radius 1 is 1.29 bits per heavy atom. The number of rotatable bonds is 4. The molecule has 2 heteroatoms. The van der Waals surface area contributed by atoms with Crippen molar-refractivity contribution in [3.8, 4) is 0 Å². The molecule has 0 unspecified atom stereocenters. The molecule has 1 aliphatic heterocycles. The minimum atomic E-state index is 0.224. The fourth-order valence-corrected chi connectivity index (χ4v) is 2.11. The van der Waals surface area contributed by atoms with E-state index in [1.807, 2.05) is 41.3 Å². The Kier molecular flexibility index (Phi) is 3.97. The summed E-state index contributed by atoms with van der Waals surface area (Å²) in [5.41, 5.74) is 2.07. The van der Waals surface area contributed by atoms with Crippen molar-refractivity contribution in [3.63, 3.8) is 0 Å². The molecule has 0 bridgehead atoms. The van der Waals surface area contributed by atoms with Crippen molar-refractivity contribution in [2.45, 2.75) is 26.2 Å². The molecule has 90 valence electrons. The van der Waals surface area contributed by atoms with E-state index in [0.717, 1.165) is 43.5 Å². The summed E-state index contributed by atoms with van der Waals surface area (Å²) in [7, 11) is 0. The molecule has 0 atom stereocenters. The van der Waals surface area contributed by atoms with Gasteiger partial charge < -0.3 is 4.90 Å². The van der Waals surface area contributed by atoms with Gasteiger partial charge in [0.15, 0.2) is 0 Å². The largest absolute Gasteiger partial charge is 0.339 e. The van der Waals surface area contributed by atoms with Crippen LogP contribution in [0.1, 0.15) is 31.7 Å². The molecule has 0 spiro atoms. The first kappa shape index (κ1) is 11.9. The third kappa shape index (κ3) is 2.96. The van der Waals surface area contributed by atoms with Crippen LogP contribution < -0.4 is 0 Å². The molecule has 2 nitrogen and oxygen atoms in total. The van der Waals surface area contributed by atoms with Crippen molar-refractivity contribution in [1.82, 2.24) is 4.90 Å². The molecule has 2 rings (SSSR count). The Bertz CT molecular complexity index is 408. The van der Waals surface area contributed by atoms with Gasteiger partial charge in [0, 0.05) is 18.7 Å². The number of carbonyl (C=O) groups excluding carboxylic acids is 1. The Morgan fingerprint density at radius 3 is 2.76 bits per heavy atom. The maximum absolute atomic E-state index is 12.1. The Balaban J connectivity index is 2.05. The standard InChI is InChI=1S/C15H19NO/c1-2-3-10-16-11-9-14(15(16)17)12-13-7-5-4-6-8-13/h4-8,12H,2-3,9-11H2,1H3/b14-12-. The summed E-state index contributed by atoms with van der Waals surface area (Å²) in [6.45, 7) is 3.94. The van der Waals surface area contributed by atoms with Gasteiger partial charge in [0.25, 0.3) is 0 Å². The van der Waals surface area contributed by atoms with Gasteiger partial charge in [-0.3, -0.25) is 4.79 Å². The fraction of sp³-hybridized carbons (Fsp3) is 0.400. The van der Waals surface area contributed by atoms with Crippen LogP contribution in [-0.2, 0) is 4.79 Å². The number of unbranched alkanes of at least 4 members (excludes halogenated alkanes) is 1. The molecular weight excluding hydrogens is 210 g/mol. The zero-order valence-corrected chi connectivity index (χ0v) is 10.4. The topological polar surface area (TPSA) is 20.3 Å². The highest BCUT2D eigenvalue weighted by Gasteiger charge is 2.24. The number of benzene rings is 1. The summed E-state index contributed by atoms with van der Waals surface area (Å²) >= 11 is 0. The molecule has 1 aromatic rings. The summed E-state index contributed by atoms with van der Waals surface area (Å²) in [6, 6.07) is 10.1. The van der Waals surface area contributed by atoms with Crippen LogP contribution in [0.4, 0.5) is 0 Å². The van der Waals surface area contributed by atoms with Gasteiger partial charge in [-0.1, -0.05) is 43.7 Å². The number of hydrogen-bond donors (Lipinski definition) is 0. The Hall–Kier alpha value is -1.57. The maximum atomic E-state index is 12.1. The molecule has 1 fully saturated rings. The molecule has 1 aliphatic rings. The quantitative estimate of drug-likeness (QED) is 0.726. The molecule has 0 N–H and O–H groups in total. The predicted octanol–water partition coefficient (Wildman–Crippen LogP) is 3.10. The molecule has 17 heavy (non-hydrogen) atoms. The lowest BCUT2D eigenvalue weighted by Gasteiger charge is -2.13.